The number of hydrogen-bond donors (Lipinski definition) is 2. The van der Waals surface area contributed by atoms with Gasteiger partial charge in [0, 0.05) is 11.1 Å². The molecule has 0 unspecified atom stereocenters. The highest BCUT2D eigenvalue weighted by Gasteiger charge is 2.49. The molecule has 7 heteroatoms. The van der Waals surface area contributed by atoms with E-state index in [1.54, 1.807) is 4.90 Å². The lowest BCUT2D eigenvalue weighted by atomic mass is 9.80. The number of carbonyl (C=O) groups excluding carboxylic acids is 3. The van der Waals surface area contributed by atoms with Gasteiger partial charge in [-0.2, -0.15) is 0 Å². The van der Waals surface area contributed by atoms with Gasteiger partial charge in [-0.05, 0) is 57.0 Å². The van der Waals surface area contributed by atoms with E-state index in [4.69, 9.17) is 12.2 Å². The molecule has 1 saturated heterocycles. The number of carbonyl (C=O) groups is 3. The number of nitrogens with one attached hydrogen (secondary N) is 2. The molecule has 3 heterocycles. The van der Waals surface area contributed by atoms with E-state index in [0.717, 1.165) is 23.2 Å². The van der Waals surface area contributed by atoms with Crippen molar-refractivity contribution in [2.24, 2.45) is 0 Å². The maximum absolute atomic E-state index is 13.4. The van der Waals surface area contributed by atoms with E-state index in [1.165, 1.54) is 0 Å². The Bertz CT molecular complexity index is 939. The number of hydrogen-bond acceptors (Lipinski definition) is 4. The summed E-state index contributed by atoms with van der Waals surface area (Å²) in [6.07, 6.45) is 0.805. The molecule has 1 aromatic rings. The first-order valence-electron chi connectivity index (χ1n) is 8.52. The van der Waals surface area contributed by atoms with E-state index in [9.17, 15) is 14.4 Å². The van der Waals surface area contributed by atoms with Crippen molar-refractivity contribution in [2.75, 3.05) is 4.90 Å². The molecule has 0 bridgehead atoms. The molecule has 26 heavy (non-hydrogen) atoms. The molecule has 3 aliphatic rings. The minimum Gasteiger partial charge on any atom is -0.302 e. The minimum atomic E-state index is -0.636. The smallest absolute Gasteiger partial charge is 0.263 e. The molecular weight excluding hydrogens is 350 g/mol. The van der Waals surface area contributed by atoms with Crippen LogP contribution in [-0.4, -0.2) is 28.4 Å². The molecule has 4 rings (SSSR count). The standard InChI is InChI=1S/C19H19N3O3S/c1-8-5-10-9(2)7-19(3,4)22-14(10)11(6-8)12(17(22)25)13-15(23)20-18(26)21-16(13)24/h5-6,9H,7H2,1-4H3,(H2,20,21,23,24,26)/t9-/m0/s1. The van der Waals surface area contributed by atoms with Crippen LogP contribution in [-0.2, 0) is 14.4 Å². The van der Waals surface area contributed by atoms with Crippen LogP contribution in [0.15, 0.2) is 17.7 Å². The monoisotopic (exact) mass is 369 g/mol. The predicted molar refractivity (Wildman–Crippen MR) is 102 cm³/mol. The van der Waals surface area contributed by atoms with E-state index in [-0.39, 0.29) is 28.1 Å². The third-order valence-corrected chi connectivity index (χ3v) is 5.50. The number of nitrogens with zero attached hydrogens (tertiary/aromatic N) is 1. The Hall–Kier alpha value is -2.54. The summed E-state index contributed by atoms with van der Waals surface area (Å²) in [5.74, 6) is -1.31. The van der Waals surface area contributed by atoms with Crippen molar-refractivity contribution >= 4 is 46.3 Å². The van der Waals surface area contributed by atoms with Crippen LogP contribution < -0.4 is 15.5 Å². The van der Waals surface area contributed by atoms with Crippen molar-refractivity contribution in [3.63, 3.8) is 0 Å². The number of anilines is 1. The van der Waals surface area contributed by atoms with Crippen molar-refractivity contribution in [1.82, 2.24) is 10.6 Å². The molecule has 1 atom stereocenters. The Morgan fingerprint density at radius 2 is 1.73 bits per heavy atom. The molecule has 6 nitrogen and oxygen atoms in total. The fourth-order valence-electron chi connectivity index (χ4n) is 4.41. The second-order valence-corrected chi connectivity index (χ2v) is 8.20. The van der Waals surface area contributed by atoms with Crippen LogP contribution in [0.25, 0.3) is 5.57 Å². The van der Waals surface area contributed by atoms with Crippen molar-refractivity contribution in [2.45, 2.75) is 45.6 Å². The summed E-state index contributed by atoms with van der Waals surface area (Å²) in [5, 5.41) is 4.81. The second kappa shape index (κ2) is 5.23. The highest BCUT2D eigenvalue weighted by Crippen LogP contribution is 2.52. The van der Waals surface area contributed by atoms with Crippen LogP contribution in [0, 0.1) is 6.92 Å². The van der Waals surface area contributed by atoms with E-state index in [2.05, 4.69) is 23.6 Å². The summed E-state index contributed by atoms with van der Waals surface area (Å²) < 4.78 is 0. The van der Waals surface area contributed by atoms with Crippen LogP contribution >= 0.6 is 12.2 Å². The first-order valence-corrected chi connectivity index (χ1v) is 8.93. The maximum atomic E-state index is 13.4. The van der Waals surface area contributed by atoms with Gasteiger partial charge in [0.1, 0.15) is 5.57 Å². The number of aryl methyl sites for hydroxylation is 1. The summed E-state index contributed by atoms with van der Waals surface area (Å²) in [6.45, 7) is 8.12. The third-order valence-electron chi connectivity index (χ3n) is 5.29. The Balaban J connectivity index is 2.06. The van der Waals surface area contributed by atoms with E-state index < -0.39 is 17.4 Å². The SMILES string of the molecule is Cc1cc2c3c(c1)[C@@H](C)CC(C)(C)N3C(=O)C2=C1C(=O)NC(=S)NC1=O. The third kappa shape index (κ3) is 2.16. The largest absolute Gasteiger partial charge is 0.302 e. The first-order chi connectivity index (χ1) is 12.1. The van der Waals surface area contributed by atoms with Crippen LogP contribution in [0.3, 0.4) is 0 Å². The second-order valence-electron chi connectivity index (χ2n) is 7.80. The quantitative estimate of drug-likeness (QED) is 0.416. The van der Waals surface area contributed by atoms with E-state index >= 15 is 0 Å². The van der Waals surface area contributed by atoms with Gasteiger partial charge in [-0.25, -0.2) is 0 Å². The van der Waals surface area contributed by atoms with Gasteiger partial charge in [0.2, 0.25) is 0 Å². The average molecular weight is 369 g/mol. The zero-order valence-electron chi connectivity index (χ0n) is 15.0. The van der Waals surface area contributed by atoms with Gasteiger partial charge in [0.25, 0.3) is 17.7 Å². The van der Waals surface area contributed by atoms with Crippen LogP contribution in [0.1, 0.15) is 49.8 Å². The number of amides is 3. The molecule has 134 valence electrons. The summed E-state index contributed by atoms with van der Waals surface area (Å²) in [4.78, 5) is 40.1. The fraction of sp³-hybridized carbons (Fsp3) is 0.368. The Labute approximate surface area is 156 Å². The maximum Gasteiger partial charge on any atom is 0.263 e. The zero-order valence-corrected chi connectivity index (χ0v) is 15.8. The first kappa shape index (κ1) is 16.9. The molecule has 1 fully saturated rings. The van der Waals surface area contributed by atoms with Crippen molar-refractivity contribution in [1.29, 1.82) is 0 Å². The van der Waals surface area contributed by atoms with Gasteiger partial charge >= 0.3 is 0 Å². The fourth-order valence-corrected chi connectivity index (χ4v) is 4.60. The van der Waals surface area contributed by atoms with Crippen LogP contribution in [0.5, 0.6) is 0 Å². The molecule has 1 aromatic carbocycles. The molecule has 2 N–H and O–H groups in total. The van der Waals surface area contributed by atoms with Crippen molar-refractivity contribution in [3.05, 3.63) is 34.4 Å². The molecular formula is C19H19N3O3S. The van der Waals surface area contributed by atoms with Gasteiger partial charge in [-0.1, -0.05) is 18.6 Å². The number of rotatable bonds is 0. The Kier molecular flexibility index (Phi) is 3.40. The molecule has 0 aliphatic carbocycles. The topological polar surface area (TPSA) is 78.5 Å². The predicted octanol–water partition coefficient (Wildman–Crippen LogP) is 1.91. The van der Waals surface area contributed by atoms with E-state index in [1.807, 2.05) is 26.8 Å². The van der Waals surface area contributed by atoms with Crippen molar-refractivity contribution < 1.29 is 14.4 Å². The highest BCUT2D eigenvalue weighted by molar-refractivity contribution is 7.80. The number of thiocarbonyl (C=S) groups is 1. The lowest BCUT2D eigenvalue weighted by Crippen LogP contribution is -2.53. The van der Waals surface area contributed by atoms with Gasteiger partial charge < -0.3 is 4.90 Å². The molecule has 0 saturated carbocycles. The van der Waals surface area contributed by atoms with Gasteiger partial charge in [-0.15, -0.1) is 0 Å². The molecule has 0 aromatic heterocycles. The Morgan fingerprint density at radius 1 is 1.12 bits per heavy atom. The lowest BCUT2D eigenvalue weighted by Gasteiger charge is -2.43. The highest BCUT2D eigenvalue weighted by atomic mass is 32.1. The van der Waals surface area contributed by atoms with Gasteiger partial charge in [-0.3, -0.25) is 25.0 Å². The Morgan fingerprint density at radius 3 is 2.35 bits per heavy atom. The lowest BCUT2D eigenvalue weighted by molar-refractivity contribution is -0.124. The normalized spacial score (nSPS) is 23.8. The summed E-state index contributed by atoms with van der Waals surface area (Å²) >= 11 is 4.86. The minimum absolute atomic E-state index is 0.0462. The van der Waals surface area contributed by atoms with Gasteiger partial charge in [0.05, 0.1) is 11.3 Å². The van der Waals surface area contributed by atoms with Crippen molar-refractivity contribution in [3.8, 4) is 0 Å². The molecule has 0 spiro atoms. The summed E-state index contributed by atoms with van der Waals surface area (Å²) in [5.41, 5.74) is 3.12. The molecule has 3 aliphatic heterocycles. The van der Waals surface area contributed by atoms with Gasteiger partial charge in [0.15, 0.2) is 5.11 Å². The number of benzene rings is 1. The average Bonchev–Trinajstić information content (AvgIpc) is 2.78. The zero-order chi connectivity index (χ0) is 19.0. The van der Waals surface area contributed by atoms with Crippen LogP contribution in [0.4, 0.5) is 5.69 Å². The van der Waals surface area contributed by atoms with Crippen LogP contribution in [0.2, 0.25) is 0 Å². The molecule has 0 radical (unpaired) electrons. The molecule has 3 amide bonds. The summed E-state index contributed by atoms with van der Waals surface area (Å²) in [7, 11) is 0. The summed E-state index contributed by atoms with van der Waals surface area (Å²) in [6, 6.07) is 3.96. The van der Waals surface area contributed by atoms with E-state index in [0.29, 0.717) is 5.56 Å².